The molecule has 1 aliphatic rings. The van der Waals surface area contributed by atoms with Crippen molar-refractivity contribution in [2.24, 2.45) is 10.2 Å². The van der Waals surface area contributed by atoms with Crippen molar-refractivity contribution >= 4 is 40.6 Å². The van der Waals surface area contributed by atoms with Crippen LogP contribution in [0.1, 0.15) is 12.0 Å². The number of carbonyl (C=O) groups excluding carboxylic acids is 2. The molecule has 1 fully saturated rings. The smallest absolute Gasteiger partial charge is 0.243 e. The van der Waals surface area contributed by atoms with E-state index in [1.165, 1.54) is 16.7 Å². The van der Waals surface area contributed by atoms with Crippen LogP contribution in [0.15, 0.2) is 120 Å². The SMILES string of the molecule is C=CCN1C(=O)C(CC(=O)Nc2ccccc2)S/C1=N\N=C\c1cn(-c2ccccc2)nc1-c1ccccc1. The molecule has 2 amide bonds. The lowest BCUT2D eigenvalue weighted by Crippen LogP contribution is -2.33. The molecule has 1 N–H and O–H groups in total. The van der Waals surface area contributed by atoms with Gasteiger partial charge in [0.1, 0.15) is 10.9 Å². The van der Waals surface area contributed by atoms with Crippen LogP contribution in [-0.4, -0.2) is 49.7 Å². The quantitative estimate of drug-likeness (QED) is 0.177. The predicted molar refractivity (Wildman–Crippen MR) is 157 cm³/mol. The van der Waals surface area contributed by atoms with Crippen LogP contribution >= 0.6 is 11.8 Å². The maximum Gasteiger partial charge on any atom is 0.243 e. The average molecular weight is 535 g/mol. The number of nitrogens with one attached hydrogen (secondary N) is 1. The van der Waals surface area contributed by atoms with Crippen LogP contribution in [0.4, 0.5) is 5.69 Å². The van der Waals surface area contributed by atoms with E-state index in [2.05, 4.69) is 22.1 Å². The van der Waals surface area contributed by atoms with Gasteiger partial charge in [-0.05, 0) is 24.3 Å². The fraction of sp³-hybridized carbons (Fsp3) is 0.100. The number of nitrogens with zero attached hydrogens (tertiary/aromatic N) is 5. The van der Waals surface area contributed by atoms with Crippen molar-refractivity contribution in [2.45, 2.75) is 11.7 Å². The topological polar surface area (TPSA) is 92.0 Å². The second kappa shape index (κ2) is 12.2. The molecular formula is C30H26N6O2S. The van der Waals surface area contributed by atoms with Crippen molar-refractivity contribution in [3.63, 3.8) is 0 Å². The summed E-state index contributed by atoms with van der Waals surface area (Å²) in [5, 5.41) is 16.1. The maximum atomic E-state index is 13.1. The monoisotopic (exact) mass is 534 g/mol. The van der Waals surface area contributed by atoms with Crippen molar-refractivity contribution in [2.75, 3.05) is 11.9 Å². The molecule has 194 valence electrons. The van der Waals surface area contributed by atoms with Gasteiger partial charge in [0.25, 0.3) is 0 Å². The van der Waals surface area contributed by atoms with Gasteiger partial charge in [-0.3, -0.25) is 14.5 Å². The molecule has 8 nitrogen and oxygen atoms in total. The first-order valence-electron chi connectivity index (χ1n) is 12.4. The molecule has 1 unspecified atom stereocenters. The van der Waals surface area contributed by atoms with E-state index in [1.807, 2.05) is 85.1 Å². The summed E-state index contributed by atoms with van der Waals surface area (Å²) in [5.41, 5.74) is 4.09. The standard InChI is InChI=1S/C30H26N6O2S/c1-2-18-35-29(38)26(19-27(37)32-24-14-8-4-9-15-24)39-30(35)33-31-20-23-21-36(25-16-10-5-11-17-25)34-28(23)22-12-6-3-7-13-22/h2-17,20-21,26H,1,18-19H2,(H,32,37)/b31-20+,33-30-. The highest BCUT2D eigenvalue weighted by atomic mass is 32.2. The van der Waals surface area contributed by atoms with Gasteiger partial charge in [-0.1, -0.05) is 84.6 Å². The van der Waals surface area contributed by atoms with E-state index < -0.39 is 5.25 Å². The number of aromatic nitrogens is 2. The number of amidine groups is 1. The molecule has 1 aromatic heterocycles. The highest BCUT2D eigenvalue weighted by Crippen LogP contribution is 2.30. The molecule has 1 saturated heterocycles. The van der Waals surface area contributed by atoms with E-state index in [1.54, 1.807) is 29.1 Å². The lowest BCUT2D eigenvalue weighted by atomic mass is 10.1. The fourth-order valence-corrected chi connectivity index (χ4v) is 5.17. The van der Waals surface area contributed by atoms with Gasteiger partial charge in [0.05, 0.1) is 11.9 Å². The second-order valence-corrected chi connectivity index (χ2v) is 9.84. The van der Waals surface area contributed by atoms with Gasteiger partial charge in [-0.2, -0.15) is 10.2 Å². The zero-order valence-electron chi connectivity index (χ0n) is 21.1. The molecule has 0 aliphatic carbocycles. The van der Waals surface area contributed by atoms with Crippen molar-refractivity contribution < 1.29 is 9.59 Å². The first kappa shape index (κ1) is 25.9. The molecule has 3 aromatic carbocycles. The molecule has 0 spiro atoms. The fourth-order valence-electron chi connectivity index (χ4n) is 4.07. The summed E-state index contributed by atoms with van der Waals surface area (Å²) in [6.07, 6.45) is 5.18. The number of hydrogen-bond donors (Lipinski definition) is 1. The zero-order valence-corrected chi connectivity index (χ0v) is 21.9. The molecular weight excluding hydrogens is 508 g/mol. The summed E-state index contributed by atoms with van der Waals surface area (Å²) in [6.45, 7) is 4.03. The molecule has 1 aliphatic heterocycles. The van der Waals surface area contributed by atoms with Gasteiger partial charge in [0.15, 0.2) is 5.17 Å². The predicted octanol–water partition coefficient (Wildman–Crippen LogP) is 5.39. The van der Waals surface area contributed by atoms with Crippen LogP contribution < -0.4 is 5.32 Å². The van der Waals surface area contributed by atoms with E-state index in [0.29, 0.717) is 10.9 Å². The number of rotatable bonds is 9. The third kappa shape index (κ3) is 6.22. The molecule has 4 aromatic rings. The first-order valence-corrected chi connectivity index (χ1v) is 13.3. The Morgan fingerprint density at radius 3 is 2.36 bits per heavy atom. The van der Waals surface area contributed by atoms with Gasteiger partial charge >= 0.3 is 0 Å². The van der Waals surface area contributed by atoms with E-state index in [9.17, 15) is 9.59 Å². The lowest BCUT2D eigenvalue weighted by molar-refractivity contribution is -0.127. The van der Waals surface area contributed by atoms with Crippen molar-refractivity contribution in [3.05, 3.63) is 115 Å². The number of amides is 2. The lowest BCUT2D eigenvalue weighted by Gasteiger charge is -2.12. The van der Waals surface area contributed by atoms with Gasteiger partial charge < -0.3 is 5.32 Å². The Morgan fingerprint density at radius 1 is 1.00 bits per heavy atom. The first-order chi connectivity index (χ1) is 19.1. The summed E-state index contributed by atoms with van der Waals surface area (Å²) in [6, 6.07) is 28.8. The van der Waals surface area contributed by atoms with Crippen molar-refractivity contribution in [3.8, 4) is 16.9 Å². The summed E-state index contributed by atoms with van der Waals surface area (Å²) in [5.74, 6) is -0.435. The van der Waals surface area contributed by atoms with Crippen molar-refractivity contribution in [1.82, 2.24) is 14.7 Å². The summed E-state index contributed by atoms with van der Waals surface area (Å²) >= 11 is 1.23. The number of thioether (sulfide) groups is 1. The summed E-state index contributed by atoms with van der Waals surface area (Å²) < 4.78 is 1.80. The number of benzene rings is 3. The molecule has 1 atom stereocenters. The van der Waals surface area contributed by atoms with E-state index >= 15 is 0 Å². The van der Waals surface area contributed by atoms with E-state index in [0.717, 1.165) is 22.5 Å². The Hall–Kier alpha value is -4.76. The Labute approximate surface area is 230 Å². The third-order valence-corrected chi connectivity index (χ3v) is 7.08. The van der Waals surface area contributed by atoms with E-state index in [4.69, 9.17) is 5.10 Å². The number of carbonyl (C=O) groups is 2. The van der Waals surface area contributed by atoms with Crippen LogP contribution in [0.5, 0.6) is 0 Å². The minimum atomic E-state index is -0.594. The highest BCUT2D eigenvalue weighted by Gasteiger charge is 2.38. The maximum absolute atomic E-state index is 13.1. The molecule has 0 radical (unpaired) electrons. The molecule has 9 heteroatoms. The largest absolute Gasteiger partial charge is 0.326 e. The number of hydrogen-bond acceptors (Lipinski definition) is 6. The van der Waals surface area contributed by atoms with Gasteiger partial charge in [-0.25, -0.2) is 4.68 Å². The average Bonchev–Trinajstić information content (AvgIpc) is 3.52. The molecule has 5 rings (SSSR count). The molecule has 2 heterocycles. The Bertz CT molecular complexity index is 1520. The Kier molecular flexibility index (Phi) is 8.09. The van der Waals surface area contributed by atoms with Crippen molar-refractivity contribution in [1.29, 1.82) is 0 Å². The number of para-hydroxylation sites is 2. The van der Waals surface area contributed by atoms with Crippen LogP contribution in [0, 0.1) is 0 Å². The summed E-state index contributed by atoms with van der Waals surface area (Å²) in [7, 11) is 0. The van der Waals surface area contributed by atoms with Crippen LogP contribution in [0.2, 0.25) is 0 Å². The molecule has 39 heavy (non-hydrogen) atoms. The number of anilines is 1. The normalized spacial score (nSPS) is 16.2. The second-order valence-electron chi connectivity index (χ2n) is 8.67. The Balaban J connectivity index is 1.37. The molecule has 0 bridgehead atoms. The Morgan fingerprint density at radius 2 is 1.67 bits per heavy atom. The van der Waals surface area contributed by atoms with Crippen LogP contribution in [0.3, 0.4) is 0 Å². The van der Waals surface area contributed by atoms with Gasteiger partial charge in [0, 0.05) is 36.0 Å². The van der Waals surface area contributed by atoms with Gasteiger partial charge in [0.2, 0.25) is 11.8 Å². The van der Waals surface area contributed by atoms with E-state index in [-0.39, 0.29) is 24.8 Å². The van der Waals surface area contributed by atoms with Gasteiger partial charge in [-0.15, -0.1) is 11.7 Å². The third-order valence-electron chi connectivity index (χ3n) is 5.91. The highest BCUT2D eigenvalue weighted by molar-refractivity contribution is 8.15. The minimum Gasteiger partial charge on any atom is -0.326 e. The summed E-state index contributed by atoms with van der Waals surface area (Å²) in [4.78, 5) is 27.1. The van der Waals surface area contributed by atoms with Crippen LogP contribution in [-0.2, 0) is 9.59 Å². The zero-order chi connectivity index (χ0) is 27.0. The van der Waals surface area contributed by atoms with Crippen LogP contribution in [0.25, 0.3) is 16.9 Å². The minimum absolute atomic E-state index is 0.0246. The molecule has 0 saturated carbocycles.